The molecule has 6 aromatic carbocycles. The highest BCUT2D eigenvalue weighted by atomic mass is 28.3. The second-order valence-corrected chi connectivity index (χ2v) is 22.5. The zero-order valence-electron chi connectivity index (χ0n) is 32.5. The molecule has 0 saturated heterocycles. The lowest BCUT2D eigenvalue weighted by Gasteiger charge is -2.51. The number of para-hydroxylation sites is 4. The number of benzene rings is 6. The van der Waals surface area contributed by atoms with Gasteiger partial charge in [0.1, 0.15) is 8.07 Å². The highest BCUT2D eigenvalue weighted by Crippen LogP contribution is 2.54. The molecule has 0 atom stereocenters. The molecule has 11 rings (SSSR count). The molecule has 0 spiro atoms. The number of aryl methyl sites for hydroxylation is 2. The number of rotatable bonds is 1. The SMILES string of the molecule is Cc1cc2c3c(c1)N(c1cc4c(cc1C)C(C)(C)CCC4(C)C)c1cc4c(cc1B3N1c3ccccc3[Si](C)(C)c3cccc-2c31)Oc1ccccc1O4. The van der Waals surface area contributed by atoms with Crippen molar-refractivity contribution in [3.63, 3.8) is 0 Å². The smallest absolute Gasteiger partial charge is 0.333 e. The molecule has 0 aromatic heterocycles. The molecule has 4 nitrogen and oxygen atoms in total. The molecule has 0 bridgehead atoms. The highest BCUT2D eigenvalue weighted by molar-refractivity contribution is 7.05. The Kier molecular flexibility index (Phi) is 6.28. The van der Waals surface area contributed by atoms with E-state index < -0.39 is 8.07 Å². The van der Waals surface area contributed by atoms with Crippen LogP contribution in [0.15, 0.2) is 103 Å². The maximum absolute atomic E-state index is 6.70. The third kappa shape index (κ3) is 4.15. The first kappa shape index (κ1) is 32.3. The molecule has 0 saturated carbocycles. The van der Waals surface area contributed by atoms with Gasteiger partial charge in [0, 0.05) is 40.1 Å². The first-order valence-electron chi connectivity index (χ1n) is 19.6. The minimum absolute atomic E-state index is 0.0684. The summed E-state index contributed by atoms with van der Waals surface area (Å²) in [7, 11) is -2.02. The summed E-state index contributed by atoms with van der Waals surface area (Å²) in [6.45, 7) is 19.3. The molecule has 0 fully saturated rings. The Hall–Kier alpha value is -5.20. The number of nitrogens with zero attached hydrogens (tertiary/aromatic N) is 2. The van der Waals surface area contributed by atoms with Gasteiger partial charge in [-0.05, 0) is 123 Å². The molecule has 0 N–H and O–H groups in total. The fourth-order valence-corrected chi connectivity index (χ4v) is 13.5. The largest absolute Gasteiger partial charge is 0.450 e. The van der Waals surface area contributed by atoms with Crippen molar-refractivity contribution in [1.29, 1.82) is 0 Å². The standard InChI is InChI=1S/C48H45BN2O2Si/c1-28-22-31-30-14-13-19-44-46(30)51(35-15-9-12-18-43(35)54(44,7)8)49-34-26-41-42(53-40-17-11-10-16-39(40)52-41)27-37(34)50(38(23-28)45(31)49)36-25-33-32(24-29(36)2)47(3,4)20-21-48(33,5)6/h9-19,22-27H,20-21H2,1-8H3. The molecule has 0 unspecified atom stereocenters. The normalized spacial score (nSPS) is 18.1. The van der Waals surface area contributed by atoms with E-state index in [1.165, 1.54) is 90.3 Å². The van der Waals surface area contributed by atoms with Crippen LogP contribution in [0.4, 0.5) is 28.4 Å². The summed E-state index contributed by atoms with van der Waals surface area (Å²) in [6.07, 6.45) is 2.36. The maximum atomic E-state index is 6.70. The van der Waals surface area contributed by atoms with Crippen LogP contribution in [0, 0.1) is 13.8 Å². The maximum Gasteiger partial charge on any atom is 0.333 e. The molecule has 266 valence electrons. The summed E-state index contributed by atoms with van der Waals surface area (Å²) in [5.74, 6) is 2.99. The lowest BCUT2D eigenvalue weighted by Crippen LogP contribution is -2.68. The van der Waals surface area contributed by atoms with Crippen LogP contribution < -0.4 is 40.5 Å². The van der Waals surface area contributed by atoms with Gasteiger partial charge in [-0.15, -0.1) is 0 Å². The number of ether oxygens (including phenoxy) is 2. The Labute approximate surface area is 320 Å². The Bertz CT molecular complexity index is 2660. The van der Waals surface area contributed by atoms with E-state index in [0.717, 1.165) is 28.7 Å². The Morgan fingerprint density at radius 1 is 0.593 bits per heavy atom. The molecule has 5 aliphatic rings. The number of anilines is 5. The van der Waals surface area contributed by atoms with Gasteiger partial charge < -0.3 is 19.2 Å². The van der Waals surface area contributed by atoms with Gasteiger partial charge in [-0.2, -0.15) is 0 Å². The Balaban J connectivity index is 1.26. The van der Waals surface area contributed by atoms with E-state index in [4.69, 9.17) is 9.47 Å². The van der Waals surface area contributed by atoms with Crippen molar-refractivity contribution in [3.05, 3.63) is 125 Å². The predicted octanol–water partition coefficient (Wildman–Crippen LogP) is 10.4. The van der Waals surface area contributed by atoms with E-state index >= 15 is 0 Å². The minimum atomic E-state index is -2.02. The van der Waals surface area contributed by atoms with Crippen LogP contribution >= 0.6 is 0 Å². The van der Waals surface area contributed by atoms with E-state index in [1.807, 2.05) is 24.3 Å². The summed E-state index contributed by atoms with van der Waals surface area (Å²) >= 11 is 0. The molecule has 4 heterocycles. The highest BCUT2D eigenvalue weighted by Gasteiger charge is 2.51. The average molecular weight is 721 g/mol. The van der Waals surface area contributed by atoms with Crippen LogP contribution in [0.5, 0.6) is 23.0 Å². The minimum Gasteiger partial charge on any atom is -0.450 e. The van der Waals surface area contributed by atoms with Gasteiger partial charge in [0.15, 0.2) is 23.0 Å². The van der Waals surface area contributed by atoms with Crippen molar-refractivity contribution < 1.29 is 9.47 Å². The van der Waals surface area contributed by atoms with Crippen LogP contribution in [0.1, 0.15) is 62.8 Å². The van der Waals surface area contributed by atoms with E-state index in [0.29, 0.717) is 0 Å². The quantitative estimate of drug-likeness (QED) is 0.158. The topological polar surface area (TPSA) is 24.9 Å². The van der Waals surface area contributed by atoms with Gasteiger partial charge in [-0.1, -0.05) is 101 Å². The van der Waals surface area contributed by atoms with Crippen molar-refractivity contribution >= 4 is 64.7 Å². The van der Waals surface area contributed by atoms with Gasteiger partial charge in [0.25, 0.3) is 0 Å². The molecular weight excluding hydrogens is 675 g/mol. The molecule has 0 radical (unpaired) electrons. The number of hydrogen-bond acceptors (Lipinski definition) is 4. The van der Waals surface area contributed by atoms with Gasteiger partial charge in [0.05, 0.1) is 0 Å². The van der Waals surface area contributed by atoms with Crippen LogP contribution in [0.25, 0.3) is 11.1 Å². The van der Waals surface area contributed by atoms with Crippen molar-refractivity contribution in [3.8, 4) is 34.1 Å². The van der Waals surface area contributed by atoms with Crippen molar-refractivity contribution in [2.45, 2.75) is 78.3 Å². The van der Waals surface area contributed by atoms with Gasteiger partial charge >= 0.3 is 6.85 Å². The summed E-state index contributed by atoms with van der Waals surface area (Å²) in [6, 6.07) is 38.7. The molecule has 6 heteroatoms. The van der Waals surface area contributed by atoms with Gasteiger partial charge in [0.2, 0.25) is 0 Å². The summed E-state index contributed by atoms with van der Waals surface area (Å²) in [5, 5.41) is 2.98. The summed E-state index contributed by atoms with van der Waals surface area (Å²) < 4.78 is 13.4. The summed E-state index contributed by atoms with van der Waals surface area (Å²) in [4.78, 5) is 5.25. The molecule has 1 aliphatic carbocycles. The zero-order chi connectivity index (χ0) is 37.1. The van der Waals surface area contributed by atoms with E-state index in [9.17, 15) is 0 Å². The number of hydrogen-bond donors (Lipinski definition) is 0. The van der Waals surface area contributed by atoms with Crippen LogP contribution in [0.3, 0.4) is 0 Å². The van der Waals surface area contributed by atoms with Crippen molar-refractivity contribution in [2.24, 2.45) is 0 Å². The molecule has 6 aromatic rings. The summed E-state index contributed by atoms with van der Waals surface area (Å²) in [5.41, 5.74) is 17.2. The predicted molar refractivity (Wildman–Crippen MR) is 228 cm³/mol. The fraction of sp³-hybridized carbons (Fsp3) is 0.250. The van der Waals surface area contributed by atoms with Gasteiger partial charge in [-0.25, -0.2) is 0 Å². The van der Waals surface area contributed by atoms with E-state index in [1.54, 1.807) is 0 Å². The molecule has 4 aliphatic heterocycles. The van der Waals surface area contributed by atoms with Crippen LogP contribution in [-0.4, -0.2) is 14.9 Å². The first-order valence-corrected chi connectivity index (χ1v) is 22.6. The molecule has 0 amide bonds. The third-order valence-corrected chi connectivity index (χ3v) is 17.0. The second kappa shape index (κ2) is 10.5. The lowest BCUT2D eigenvalue weighted by molar-refractivity contribution is 0.332. The molecule has 54 heavy (non-hydrogen) atoms. The Morgan fingerprint density at radius 3 is 1.98 bits per heavy atom. The Morgan fingerprint density at radius 2 is 1.24 bits per heavy atom. The van der Waals surface area contributed by atoms with Crippen molar-refractivity contribution in [2.75, 3.05) is 9.71 Å². The van der Waals surface area contributed by atoms with E-state index in [2.05, 4.69) is 143 Å². The second-order valence-electron chi connectivity index (χ2n) is 18.2. The first-order chi connectivity index (χ1) is 25.8. The third-order valence-electron chi connectivity index (χ3n) is 13.5. The van der Waals surface area contributed by atoms with Crippen LogP contribution in [-0.2, 0) is 10.8 Å². The monoisotopic (exact) mass is 720 g/mol. The van der Waals surface area contributed by atoms with Crippen LogP contribution in [0.2, 0.25) is 13.1 Å². The average Bonchev–Trinajstić information content (AvgIpc) is 3.15. The van der Waals surface area contributed by atoms with E-state index in [-0.39, 0.29) is 17.7 Å². The lowest BCUT2D eigenvalue weighted by atomic mass is 9.43. The number of fused-ring (bicyclic) bond motifs is 9. The van der Waals surface area contributed by atoms with Gasteiger partial charge in [-0.3, -0.25) is 0 Å². The van der Waals surface area contributed by atoms with Crippen molar-refractivity contribution in [1.82, 2.24) is 0 Å². The fourth-order valence-electron chi connectivity index (χ4n) is 10.5. The zero-order valence-corrected chi connectivity index (χ0v) is 33.5. The molecular formula is C48H45BN2O2Si.